The summed E-state index contributed by atoms with van der Waals surface area (Å²) in [5.74, 6) is 0.515. The molecule has 1 rings (SSSR count). The number of rotatable bonds is 3. The second kappa shape index (κ2) is 4.30. The van der Waals surface area contributed by atoms with E-state index < -0.39 is 0 Å². The third-order valence-corrected chi connectivity index (χ3v) is 2.01. The van der Waals surface area contributed by atoms with E-state index in [1.165, 1.54) is 0 Å². The van der Waals surface area contributed by atoms with Gasteiger partial charge in [0.25, 0.3) is 0 Å². The highest BCUT2D eigenvalue weighted by Gasteiger charge is 2.21. The maximum absolute atomic E-state index is 11.2. The van der Waals surface area contributed by atoms with Gasteiger partial charge in [0, 0.05) is 26.2 Å². The average molecular weight is 172 g/mol. The van der Waals surface area contributed by atoms with Crippen molar-refractivity contribution in [1.29, 1.82) is 0 Å². The number of hydrogen-bond donors (Lipinski definition) is 2. The lowest BCUT2D eigenvalue weighted by Crippen LogP contribution is -2.50. The Morgan fingerprint density at radius 1 is 1.75 bits per heavy atom. The molecule has 4 heteroatoms. The molecule has 0 spiro atoms. The van der Waals surface area contributed by atoms with Crippen molar-refractivity contribution in [3.63, 3.8) is 0 Å². The predicted octanol–water partition coefficient (Wildman–Crippen LogP) is 0.0301. The normalized spacial score (nSPS) is 24.0. The zero-order valence-corrected chi connectivity index (χ0v) is 7.42. The molecule has 2 N–H and O–H groups in total. The molecule has 0 aliphatic carbocycles. The summed E-state index contributed by atoms with van der Waals surface area (Å²) < 4.78 is 0. The zero-order chi connectivity index (χ0) is 8.97. The van der Waals surface area contributed by atoms with Crippen molar-refractivity contribution in [3.8, 4) is 0 Å². The summed E-state index contributed by atoms with van der Waals surface area (Å²) in [6, 6.07) is 0.00144. The maximum Gasteiger partial charge on any atom is 0.317 e. The molecular formula is C8H16N2O2. The lowest BCUT2D eigenvalue weighted by Gasteiger charge is -2.31. The number of amides is 2. The molecule has 1 fully saturated rings. The lowest BCUT2D eigenvalue weighted by atomic mass is 10.1. The molecule has 12 heavy (non-hydrogen) atoms. The summed E-state index contributed by atoms with van der Waals surface area (Å²) in [5, 5.41) is 11.4. The number of aliphatic hydroxyl groups excluding tert-OH is 1. The molecule has 0 saturated carbocycles. The quantitative estimate of drug-likeness (QED) is 0.631. The van der Waals surface area contributed by atoms with E-state index >= 15 is 0 Å². The summed E-state index contributed by atoms with van der Waals surface area (Å²) >= 11 is 0. The van der Waals surface area contributed by atoms with Gasteiger partial charge in [-0.25, -0.2) is 4.79 Å². The second-order valence-corrected chi connectivity index (χ2v) is 3.31. The van der Waals surface area contributed by atoms with Crippen LogP contribution < -0.4 is 5.32 Å². The molecule has 70 valence electrons. The van der Waals surface area contributed by atoms with Crippen molar-refractivity contribution in [1.82, 2.24) is 10.2 Å². The van der Waals surface area contributed by atoms with Crippen molar-refractivity contribution in [2.24, 2.45) is 5.92 Å². The first kappa shape index (κ1) is 9.32. The minimum absolute atomic E-state index is 0.00144. The van der Waals surface area contributed by atoms with E-state index in [4.69, 9.17) is 5.11 Å². The Hall–Kier alpha value is -0.770. The van der Waals surface area contributed by atoms with Crippen molar-refractivity contribution in [2.45, 2.75) is 13.3 Å². The van der Waals surface area contributed by atoms with Crippen LogP contribution in [0, 0.1) is 5.92 Å². The third kappa shape index (κ3) is 2.37. The van der Waals surface area contributed by atoms with Crippen LogP contribution in [0.2, 0.25) is 0 Å². The highest BCUT2D eigenvalue weighted by Crippen LogP contribution is 2.05. The van der Waals surface area contributed by atoms with E-state index in [-0.39, 0.29) is 12.6 Å². The number of aliphatic hydroxyl groups is 1. The van der Waals surface area contributed by atoms with Gasteiger partial charge in [-0.1, -0.05) is 6.92 Å². The Morgan fingerprint density at radius 3 is 3.17 bits per heavy atom. The fourth-order valence-electron chi connectivity index (χ4n) is 1.35. The molecule has 2 amide bonds. The second-order valence-electron chi connectivity index (χ2n) is 3.31. The van der Waals surface area contributed by atoms with Gasteiger partial charge < -0.3 is 15.3 Å². The molecule has 1 saturated heterocycles. The first-order chi connectivity index (χ1) is 5.74. The van der Waals surface area contributed by atoms with Crippen LogP contribution in [0.1, 0.15) is 13.3 Å². The summed E-state index contributed by atoms with van der Waals surface area (Å²) in [4.78, 5) is 12.9. The molecule has 0 aromatic rings. The van der Waals surface area contributed by atoms with E-state index in [9.17, 15) is 4.79 Å². The molecular weight excluding hydrogens is 156 g/mol. The number of urea groups is 1. The SMILES string of the molecule is CC1CNC(=O)N(CCCO)C1. The lowest BCUT2D eigenvalue weighted by molar-refractivity contribution is 0.163. The summed E-state index contributed by atoms with van der Waals surface area (Å²) in [5.41, 5.74) is 0. The van der Waals surface area contributed by atoms with Crippen molar-refractivity contribution in [3.05, 3.63) is 0 Å². The van der Waals surface area contributed by atoms with Gasteiger partial charge in [0.05, 0.1) is 0 Å². The van der Waals surface area contributed by atoms with E-state index in [0.717, 1.165) is 13.1 Å². The number of nitrogens with one attached hydrogen (secondary N) is 1. The van der Waals surface area contributed by atoms with Crippen LogP contribution in [0.15, 0.2) is 0 Å². The van der Waals surface area contributed by atoms with Crippen molar-refractivity contribution in [2.75, 3.05) is 26.2 Å². The minimum Gasteiger partial charge on any atom is -0.396 e. The Labute approximate surface area is 72.6 Å². The Morgan fingerprint density at radius 2 is 2.50 bits per heavy atom. The molecule has 0 aromatic carbocycles. The molecule has 1 unspecified atom stereocenters. The third-order valence-electron chi connectivity index (χ3n) is 2.01. The van der Waals surface area contributed by atoms with Gasteiger partial charge in [-0.2, -0.15) is 0 Å². The van der Waals surface area contributed by atoms with Crippen LogP contribution >= 0.6 is 0 Å². The summed E-state index contributed by atoms with van der Waals surface area (Å²) in [6.45, 7) is 4.50. The standard InChI is InChI=1S/C8H16N2O2/c1-7-5-9-8(12)10(6-7)3-2-4-11/h7,11H,2-6H2,1H3,(H,9,12). The smallest absolute Gasteiger partial charge is 0.317 e. The highest BCUT2D eigenvalue weighted by molar-refractivity contribution is 5.74. The van der Waals surface area contributed by atoms with Gasteiger partial charge in [-0.3, -0.25) is 0 Å². The number of hydrogen-bond acceptors (Lipinski definition) is 2. The average Bonchev–Trinajstić information content (AvgIpc) is 2.07. The highest BCUT2D eigenvalue weighted by atomic mass is 16.3. The molecule has 0 radical (unpaired) electrons. The van der Waals surface area contributed by atoms with Gasteiger partial charge in [0.15, 0.2) is 0 Å². The van der Waals surface area contributed by atoms with Gasteiger partial charge >= 0.3 is 6.03 Å². The molecule has 1 aliphatic heterocycles. The van der Waals surface area contributed by atoms with Crippen LogP contribution in [0.3, 0.4) is 0 Å². The zero-order valence-electron chi connectivity index (χ0n) is 7.42. The summed E-state index contributed by atoms with van der Waals surface area (Å²) in [6.07, 6.45) is 0.667. The molecule has 1 atom stereocenters. The number of carbonyl (C=O) groups is 1. The fraction of sp³-hybridized carbons (Fsp3) is 0.875. The molecule has 0 bridgehead atoms. The van der Waals surface area contributed by atoms with Gasteiger partial charge in [-0.15, -0.1) is 0 Å². The number of carbonyl (C=O) groups excluding carboxylic acids is 1. The first-order valence-electron chi connectivity index (χ1n) is 4.37. The summed E-state index contributed by atoms with van der Waals surface area (Å²) in [7, 11) is 0. The first-order valence-corrected chi connectivity index (χ1v) is 4.37. The van der Waals surface area contributed by atoms with Crippen LogP contribution in [0.4, 0.5) is 4.79 Å². The Balaban J connectivity index is 2.33. The van der Waals surface area contributed by atoms with Crippen molar-refractivity contribution >= 4 is 6.03 Å². The largest absolute Gasteiger partial charge is 0.396 e. The van der Waals surface area contributed by atoms with Crippen molar-refractivity contribution < 1.29 is 9.90 Å². The van der Waals surface area contributed by atoms with E-state index in [1.54, 1.807) is 4.90 Å². The van der Waals surface area contributed by atoms with Crippen LogP contribution in [-0.2, 0) is 0 Å². The van der Waals surface area contributed by atoms with Crippen LogP contribution in [0.25, 0.3) is 0 Å². The molecule has 1 heterocycles. The Bertz CT molecular complexity index is 161. The minimum atomic E-state index is 0.00144. The van der Waals surface area contributed by atoms with E-state index in [2.05, 4.69) is 12.2 Å². The predicted molar refractivity (Wildman–Crippen MR) is 45.8 cm³/mol. The van der Waals surface area contributed by atoms with E-state index in [1.807, 2.05) is 0 Å². The molecule has 1 aliphatic rings. The van der Waals surface area contributed by atoms with Gasteiger partial charge in [0.1, 0.15) is 0 Å². The maximum atomic E-state index is 11.2. The van der Waals surface area contributed by atoms with Crippen LogP contribution in [-0.4, -0.2) is 42.3 Å². The fourth-order valence-corrected chi connectivity index (χ4v) is 1.35. The van der Waals surface area contributed by atoms with Gasteiger partial charge in [0.2, 0.25) is 0 Å². The van der Waals surface area contributed by atoms with Crippen LogP contribution in [0.5, 0.6) is 0 Å². The molecule has 0 aromatic heterocycles. The van der Waals surface area contributed by atoms with Gasteiger partial charge in [-0.05, 0) is 12.3 Å². The Kier molecular flexibility index (Phi) is 3.34. The van der Waals surface area contributed by atoms with E-state index in [0.29, 0.717) is 18.9 Å². The molecule has 4 nitrogen and oxygen atoms in total. The monoisotopic (exact) mass is 172 g/mol. The topological polar surface area (TPSA) is 52.6 Å². The number of nitrogens with zero attached hydrogens (tertiary/aromatic N) is 1.